The average molecular weight is 289 g/mol. The second-order valence-electron chi connectivity index (χ2n) is 7.11. The standard InChI is InChI=1S/C19H31NO/c1-19(2,11-12-20-13-14-21-3)10-9-16-7-8-17-5-4-6-18(17)15-16/h7-8,15,20H,4-6,9-14H2,1-3H3. The van der Waals surface area contributed by atoms with Crippen LogP contribution in [0.15, 0.2) is 18.2 Å². The molecular formula is C19H31NO. The Morgan fingerprint density at radius 3 is 2.71 bits per heavy atom. The van der Waals surface area contributed by atoms with Gasteiger partial charge in [0.15, 0.2) is 0 Å². The molecule has 0 saturated carbocycles. The van der Waals surface area contributed by atoms with Gasteiger partial charge in [-0.2, -0.15) is 0 Å². The molecule has 0 atom stereocenters. The second-order valence-corrected chi connectivity index (χ2v) is 7.11. The minimum Gasteiger partial charge on any atom is -0.383 e. The third kappa shape index (κ3) is 5.44. The molecule has 0 bridgehead atoms. The number of nitrogens with one attached hydrogen (secondary N) is 1. The lowest BCUT2D eigenvalue weighted by Gasteiger charge is -2.25. The smallest absolute Gasteiger partial charge is 0.0587 e. The summed E-state index contributed by atoms with van der Waals surface area (Å²) in [4.78, 5) is 0. The van der Waals surface area contributed by atoms with Crippen molar-refractivity contribution in [2.45, 2.75) is 52.4 Å². The fourth-order valence-electron chi connectivity index (χ4n) is 3.11. The van der Waals surface area contributed by atoms with Crippen LogP contribution >= 0.6 is 0 Å². The van der Waals surface area contributed by atoms with Gasteiger partial charge in [0.05, 0.1) is 6.61 Å². The lowest BCUT2D eigenvalue weighted by atomic mass is 9.83. The number of aryl methyl sites for hydroxylation is 3. The first-order chi connectivity index (χ1) is 10.1. The largest absolute Gasteiger partial charge is 0.383 e. The Bertz CT molecular complexity index is 439. The van der Waals surface area contributed by atoms with E-state index in [0.717, 1.165) is 19.7 Å². The van der Waals surface area contributed by atoms with Crippen LogP contribution < -0.4 is 5.32 Å². The molecule has 118 valence electrons. The molecule has 0 heterocycles. The number of rotatable bonds is 9. The number of hydrogen-bond acceptors (Lipinski definition) is 2. The summed E-state index contributed by atoms with van der Waals surface area (Å²) in [5.74, 6) is 0. The molecule has 0 amide bonds. The second kappa shape index (κ2) is 7.95. The SMILES string of the molecule is COCCNCCC(C)(C)CCc1ccc2c(c1)CCC2. The van der Waals surface area contributed by atoms with E-state index in [1.165, 1.54) is 44.1 Å². The molecule has 0 spiro atoms. The van der Waals surface area contributed by atoms with Gasteiger partial charge < -0.3 is 10.1 Å². The molecule has 0 unspecified atom stereocenters. The molecule has 1 aromatic carbocycles. The summed E-state index contributed by atoms with van der Waals surface area (Å²) in [5.41, 5.74) is 5.11. The molecule has 1 aromatic rings. The van der Waals surface area contributed by atoms with E-state index in [4.69, 9.17) is 4.74 Å². The molecule has 2 nitrogen and oxygen atoms in total. The maximum atomic E-state index is 5.05. The highest BCUT2D eigenvalue weighted by atomic mass is 16.5. The number of methoxy groups -OCH3 is 1. The van der Waals surface area contributed by atoms with Crippen molar-refractivity contribution >= 4 is 0 Å². The van der Waals surface area contributed by atoms with Crippen molar-refractivity contribution < 1.29 is 4.74 Å². The summed E-state index contributed by atoms with van der Waals surface area (Å²) in [6, 6.07) is 7.16. The third-order valence-electron chi connectivity index (χ3n) is 4.71. The van der Waals surface area contributed by atoms with Crippen molar-refractivity contribution in [1.82, 2.24) is 5.32 Å². The molecule has 2 rings (SSSR count). The summed E-state index contributed by atoms with van der Waals surface area (Å²) in [5, 5.41) is 3.45. The number of hydrogen-bond donors (Lipinski definition) is 1. The Labute approximate surface area is 130 Å². The van der Waals surface area contributed by atoms with E-state index in [1.54, 1.807) is 18.2 Å². The van der Waals surface area contributed by atoms with E-state index >= 15 is 0 Å². The summed E-state index contributed by atoms with van der Waals surface area (Å²) in [6.07, 6.45) is 7.61. The summed E-state index contributed by atoms with van der Waals surface area (Å²) in [7, 11) is 1.75. The molecule has 21 heavy (non-hydrogen) atoms. The normalized spacial score (nSPS) is 14.4. The van der Waals surface area contributed by atoms with Gasteiger partial charge in [0.1, 0.15) is 0 Å². The van der Waals surface area contributed by atoms with Crippen LogP contribution in [-0.4, -0.2) is 26.8 Å². The van der Waals surface area contributed by atoms with Gasteiger partial charge in [-0.3, -0.25) is 0 Å². The van der Waals surface area contributed by atoms with Crippen molar-refractivity contribution in [3.8, 4) is 0 Å². The van der Waals surface area contributed by atoms with Gasteiger partial charge >= 0.3 is 0 Å². The van der Waals surface area contributed by atoms with Crippen molar-refractivity contribution in [2.24, 2.45) is 5.41 Å². The quantitative estimate of drug-likeness (QED) is 0.699. The first kappa shape index (κ1) is 16.5. The van der Waals surface area contributed by atoms with Crippen LogP contribution in [0.25, 0.3) is 0 Å². The van der Waals surface area contributed by atoms with Gasteiger partial charge in [-0.25, -0.2) is 0 Å². The average Bonchev–Trinajstić information content (AvgIpc) is 2.92. The fourth-order valence-corrected chi connectivity index (χ4v) is 3.11. The lowest BCUT2D eigenvalue weighted by Crippen LogP contribution is -2.25. The topological polar surface area (TPSA) is 21.3 Å². The van der Waals surface area contributed by atoms with Gasteiger partial charge in [0.25, 0.3) is 0 Å². The van der Waals surface area contributed by atoms with Crippen molar-refractivity contribution in [3.63, 3.8) is 0 Å². The monoisotopic (exact) mass is 289 g/mol. The van der Waals surface area contributed by atoms with Gasteiger partial charge in [-0.1, -0.05) is 32.0 Å². The maximum Gasteiger partial charge on any atom is 0.0587 e. The van der Waals surface area contributed by atoms with Crippen molar-refractivity contribution in [2.75, 3.05) is 26.8 Å². The van der Waals surface area contributed by atoms with Crippen LogP contribution in [-0.2, 0) is 24.0 Å². The van der Waals surface area contributed by atoms with E-state index in [-0.39, 0.29) is 0 Å². The highest BCUT2D eigenvalue weighted by Crippen LogP contribution is 2.28. The van der Waals surface area contributed by atoms with Crippen LogP contribution in [0.2, 0.25) is 0 Å². The third-order valence-corrected chi connectivity index (χ3v) is 4.71. The zero-order valence-corrected chi connectivity index (χ0v) is 14.0. The minimum absolute atomic E-state index is 0.402. The molecule has 2 heteroatoms. The lowest BCUT2D eigenvalue weighted by molar-refractivity contribution is 0.197. The van der Waals surface area contributed by atoms with E-state index < -0.39 is 0 Å². The first-order valence-electron chi connectivity index (χ1n) is 8.41. The number of benzene rings is 1. The zero-order valence-electron chi connectivity index (χ0n) is 14.0. The Kier molecular flexibility index (Phi) is 6.25. The molecular weight excluding hydrogens is 258 g/mol. The van der Waals surface area contributed by atoms with Crippen LogP contribution in [0.1, 0.15) is 49.8 Å². The van der Waals surface area contributed by atoms with Gasteiger partial charge in [-0.05, 0) is 67.2 Å². The van der Waals surface area contributed by atoms with Crippen LogP contribution in [0, 0.1) is 5.41 Å². The number of fused-ring (bicyclic) bond motifs is 1. The molecule has 0 aromatic heterocycles. The Morgan fingerprint density at radius 2 is 1.90 bits per heavy atom. The molecule has 1 aliphatic rings. The van der Waals surface area contributed by atoms with Gasteiger partial charge in [0, 0.05) is 13.7 Å². The Morgan fingerprint density at radius 1 is 1.10 bits per heavy atom. The van der Waals surface area contributed by atoms with E-state index in [1.807, 2.05) is 0 Å². The van der Waals surface area contributed by atoms with Crippen LogP contribution in [0.3, 0.4) is 0 Å². The molecule has 1 aliphatic carbocycles. The predicted octanol–water partition coefficient (Wildman–Crippen LogP) is 3.76. The highest BCUT2D eigenvalue weighted by molar-refractivity contribution is 5.35. The molecule has 0 saturated heterocycles. The van der Waals surface area contributed by atoms with E-state index in [9.17, 15) is 0 Å². The zero-order chi connectivity index (χ0) is 15.1. The Hall–Kier alpha value is -0.860. The van der Waals surface area contributed by atoms with Crippen LogP contribution in [0.5, 0.6) is 0 Å². The molecule has 0 fully saturated rings. The fraction of sp³-hybridized carbons (Fsp3) is 0.684. The maximum absolute atomic E-state index is 5.05. The van der Waals surface area contributed by atoms with Crippen molar-refractivity contribution in [1.29, 1.82) is 0 Å². The van der Waals surface area contributed by atoms with Crippen LogP contribution in [0.4, 0.5) is 0 Å². The minimum atomic E-state index is 0.402. The summed E-state index contributed by atoms with van der Waals surface area (Å²) < 4.78 is 5.05. The Balaban J connectivity index is 1.73. The molecule has 0 radical (unpaired) electrons. The van der Waals surface area contributed by atoms with Gasteiger partial charge in [-0.15, -0.1) is 0 Å². The summed E-state index contributed by atoms with van der Waals surface area (Å²) >= 11 is 0. The van der Waals surface area contributed by atoms with E-state index in [0.29, 0.717) is 5.41 Å². The van der Waals surface area contributed by atoms with Gasteiger partial charge in [0.2, 0.25) is 0 Å². The summed E-state index contributed by atoms with van der Waals surface area (Å²) in [6.45, 7) is 7.62. The predicted molar refractivity (Wildman–Crippen MR) is 89.9 cm³/mol. The van der Waals surface area contributed by atoms with Crippen molar-refractivity contribution in [3.05, 3.63) is 34.9 Å². The number of ether oxygens (including phenoxy) is 1. The van der Waals surface area contributed by atoms with E-state index in [2.05, 4.69) is 37.4 Å². The molecule has 0 aliphatic heterocycles. The highest BCUT2D eigenvalue weighted by Gasteiger charge is 2.18. The first-order valence-corrected chi connectivity index (χ1v) is 8.41. The molecule has 1 N–H and O–H groups in total.